The Labute approximate surface area is 111 Å². The molecular formula is C12H25NO4Si. The Bertz CT molecular complexity index is 243. The van der Waals surface area contributed by atoms with Gasteiger partial charge in [0.25, 0.3) is 0 Å². The van der Waals surface area contributed by atoms with Crippen molar-refractivity contribution >= 4 is 14.7 Å². The molecule has 1 aliphatic heterocycles. The van der Waals surface area contributed by atoms with Gasteiger partial charge in [-0.3, -0.25) is 4.99 Å². The van der Waals surface area contributed by atoms with Gasteiger partial charge in [-0.25, -0.2) is 0 Å². The summed E-state index contributed by atoms with van der Waals surface area (Å²) >= 11 is 0. The number of rotatable bonds is 10. The zero-order valence-corrected chi connectivity index (χ0v) is 12.7. The van der Waals surface area contributed by atoms with E-state index in [2.05, 4.69) is 4.99 Å². The lowest BCUT2D eigenvalue weighted by atomic mass is 10.3. The summed E-state index contributed by atoms with van der Waals surface area (Å²) in [6.07, 6.45) is 1.78. The molecule has 0 saturated heterocycles. The van der Waals surface area contributed by atoms with Gasteiger partial charge in [0, 0.05) is 32.3 Å². The number of hydrogen-bond donors (Lipinski definition) is 0. The zero-order chi connectivity index (χ0) is 13.3. The van der Waals surface area contributed by atoms with Gasteiger partial charge >= 0.3 is 8.80 Å². The van der Waals surface area contributed by atoms with Gasteiger partial charge < -0.3 is 18.0 Å². The highest BCUT2D eigenvalue weighted by Crippen LogP contribution is 2.20. The van der Waals surface area contributed by atoms with E-state index in [4.69, 9.17) is 18.0 Å². The molecule has 1 aliphatic rings. The molecule has 0 bridgehead atoms. The van der Waals surface area contributed by atoms with Crippen LogP contribution in [-0.4, -0.2) is 47.7 Å². The van der Waals surface area contributed by atoms with E-state index >= 15 is 0 Å². The van der Waals surface area contributed by atoms with E-state index in [0.717, 1.165) is 37.9 Å². The maximum absolute atomic E-state index is 5.79. The molecule has 106 valence electrons. The standard InChI is InChI=1S/C12H25NO4Si/c1-4-15-18(16-5-2,17-6-3)11-7-8-12-13-9-10-14-12/h4-11H2,1-3H3. The van der Waals surface area contributed by atoms with Crippen LogP contribution in [0.1, 0.15) is 33.6 Å². The molecule has 1 heterocycles. The fourth-order valence-electron chi connectivity index (χ4n) is 1.99. The average molecular weight is 275 g/mol. The summed E-state index contributed by atoms with van der Waals surface area (Å²) in [5.74, 6) is 0.863. The van der Waals surface area contributed by atoms with Gasteiger partial charge in [0.05, 0.1) is 6.54 Å². The minimum absolute atomic E-state index is 0.629. The lowest BCUT2D eigenvalue weighted by molar-refractivity contribution is 0.0709. The second-order valence-electron chi connectivity index (χ2n) is 3.96. The first-order valence-electron chi connectivity index (χ1n) is 6.84. The molecule has 0 atom stereocenters. The average Bonchev–Trinajstić information content (AvgIpc) is 2.83. The minimum Gasteiger partial charge on any atom is -0.479 e. The molecule has 0 saturated carbocycles. The predicted molar refractivity (Wildman–Crippen MR) is 72.9 cm³/mol. The molecule has 0 amide bonds. The van der Waals surface area contributed by atoms with E-state index in [0.29, 0.717) is 19.8 Å². The van der Waals surface area contributed by atoms with Crippen molar-refractivity contribution < 1.29 is 18.0 Å². The number of hydrogen-bond acceptors (Lipinski definition) is 5. The second kappa shape index (κ2) is 8.63. The van der Waals surface area contributed by atoms with E-state index in [-0.39, 0.29) is 0 Å². The molecule has 5 nitrogen and oxygen atoms in total. The number of ether oxygens (including phenoxy) is 1. The van der Waals surface area contributed by atoms with Crippen LogP contribution in [0.5, 0.6) is 0 Å². The molecule has 0 aromatic rings. The number of aliphatic imine (C=N–C) groups is 1. The molecular weight excluding hydrogens is 250 g/mol. The second-order valence-corrected chi connectivity index (χ2v) is 6.69. The third-order valence-corrected chi connectivity index (χ3v) is 5.77. The van der Waals surface area contributed by atoms with Gasteiger partial charge in [-0.2, -0.15) is 0 Å². The predicted octanol–water partition coefficient (Wildman–Crippen LogP) is 2.24. The molecule has 0 aliphatic carbocycles. The Hall–Kier alpha value is -0.433. The van der Waals surface area contributed by atoms with Crippen LogP contribution in [0.4, 0.5) is 0 Å². The third-order valence-electron chi connectivity index (χ3n) is 2.61. The van der Waals surface area contributed by atoms with Crippen LogP contribution in [-0.2, 0) is 18.0 Å². The summed E-state index contributed by atoms with van der Waals surface area (Å²) in [6, 6.07) is 0.824. The highest BCUT2D eigenvalue weighted by Gasteiger charge is 2.39. The fourth-order valence-corrected chi connectivity index (χ4v) is 4.60. The summed E-state index contributed by atoms with van der Waals surface area (Å²) in [5, 5.41) is 0. The van der Waals surface area contributed by atoms with Crippen LogP contribution in [0, 0.1) is 0 Å². The summed E-state index contributed by atoms with van der Waals surface area (Å²) < 4.78 is 22.8. The zero-order valence-electron chi connectivity index (χ0n) is 11.7. The van der Waals surface area contributed by atoms with Crippen LogP contribution in [0.2, 0.25) is 6.04 Å². The van der Waals surface area contributed by atoms with Gasteiger partial charge in [-0.05, 0) is 27.2 Å². The normalized spacial score (nSPS) is 15.6. The summed E-state index contributed by atoms with van der Waals surface area (Å²) in [4.78, 5) is 4.28. The lowest BCUT2D eigenvalue weighted by Crippen LogP contribution is -2.46. The van der Waals surface area contributed by atoms with Crippen molar-refractivity contribution in [3.05, 3.63) is 0 Å². The van der Waals surface area contributed by atoms with E-state index < -0.39 is 8.80 Å². The largest absolute Gasteiger partial charge is 0.500 e. The topological polar surface area (TPSA) is 49.3 Å². The first-order valence-corrected chi connectivity index (χ1v) is 8.77. The molecule has 0 fully saturated rings. The van der Waals surface area contributed by atoms with Crippen molar-refractivity contribution in [1.29, 1.82) is 0 Å². The Morgan fingerprint density at radius 2 is 1.72 bits per heavy atom. The Kier molecular flexibility index (Phi) is 7.49. The van der Waals surface area contributed by atoms with E-state index in [9.17, 15) is 0 Å². The molecule has 18 heavy (non-hydrogen) atoms. The smallest absolute Gasteiger partial charge is 0.479 e. The Balaban J connectivity index is 2.42. The van der Waals surface area contributed by atoms with Gasteiger partial charge in [0.2, 0.25) is 0 Å². The van der Waals surface area contributed by atoms with Gasteiger partial charge in [0.1, 0.15) is 6.61 Å². The number of nitrogens with zero attached hydrogens (tertiary/aromatic N) is 1. The molecule has 0 N–H and O–H groups in total. The molecule has 0 unspecified atom stereocenters. The molecule has 1 rings (SSSR count). The van der Waals surface area contributed by atoms with E-state index in [1.807, 2.05) is 20.8 Å². The summed E-state index contributed by atoms with van der Waals surface area (Å²) in [5.41, 5.74) is 0. The van der Waals surface area contributed by atoms with Crippen LogP contribution < -0.4 is 0 Å². The van der Waals surface area contributed by atoms with E-state index in [1.165, 1.54) is 0 Å². The maximum Gasteiger partial charge on any atom is 0.500 e. The first kappa shape index (κ1) is 15.6. The van der Waals surface area contributed by atoms with Crippen molar-refractivity contribution in [1.82, 2.24) is 0 Å². The Morgan fingerprint density at radius 1 is 1.11 bits per heavy atom. The Morgan fingerprint density at radius 3 is 2.17 bits per heavy atom. The highest BCUT2D eigenvalue weighted by atomic mass is 28.4. The van der Waals surface area contributed by atoms with Gasteiger partial charge in [-0.15, -0.1) is 0 Å². The van der Waals surface area contributed by atoms with E-state index in [1.54, 1.807) is 0 Å². The summed E-state index contributed by atoms with van der Waals surface area (Å²) in [7, 11) is -2.48. The van der Waals surface area contributed by atoms with Gasteiger partial charge in [-0.1, -0.05) is 0 Å². The van der Waals surface area contributed by atoms with Crippen LogP contribution in [0.25, 0.3) is 0 Å². The van der Waals surface area contributed by atoms with Crippen LogP contribution in [0.3, 0.4) is 0 Å². The van der Waals surface area contributed by atoms with Crippen molar-refractivity contribution in [2.24, 2.45) is 4.99 Å². The molecule has 0 radical (unpaired) electrons. The third kappa shape index (κ3) is 5.05. The monoisotopic (exact) mass is 275 g/mol. The first-order chi connectivity index (χ1) is 8.76. The fraction of sp³-hybridized carbons (Fsp3) is 0.917. The lowest BCUT2D eigenvalue weighted by Gasteiger charge is -2.28. The molecule has 6 heteroatoms. The molecule has 0 aromatic carbocycles. The molecule has 0 spiro atoms. The van der Waals surface area contributed by atoms with Crippen molar-refractivity contribution in [3.63, 3.8) is 0 Å². The SMILES string of the molecule is CCO[Si](CCCC1=NCCO1)(OCC)OCC. The quantitative estimate of drug-likeness (QED) is 0.574. The van der Waals surface area contributed by atoms with Crippen molar-refractivity contribution in [3.8, 4) is 0 Å². The molecule has 0 aromatic heterocycles. The van der Waals surface area contributed by atoms with Gasteiger partial charge in [0.15, 0.2) is 5.90 Å². The van der Waals surface area contributed by atoms with Crippen LogP contribution in [0.15, 0.2) is 4.99 Å². The van der Waals surface area contributed by atoms with Crippen molar-refractivity contribution in [2.45, 2.75) is 39.7 Å². The minimum atomic E-state index is -2.48. The van der Waals surface area contributed by atoms with Crippen molar-refractivity contribution in [2.75, 3.05) is 33.0 Å². The summed E-state index contributed by atoms with van der Waals surface area (Å²) in [6.45, 7) is 9.33. The highest BCUT2D eigenvalue weighted by molar-refractivity contribution is 6.60. The maximum atomic E-state index is 5.79. The van der Waals surface area contributed by atoms with Crippen LogP contribution >= 0.6 is 0 Å².